The highest BCUT2D eigenvalue weighted by Crippen LogP contribution is 2.28. The van der Waals surface area contributed by atoms with Gasteiger partial charge in [-0.1, -0.05) is 17.7 Å². The Labute approximate surface area is 173 Å². The van der Waals surface area contributed by atoms with E-state index in [0.29, 0.717) is 37.1 Å². The Bertz CT molecular complexity index is 874. The number of halogens is 1. The number of rotatable bonds is 6. The molecule has 0 aromatic carbocycles. The molecule has 6 nitrogen and oxygen atoms in total. The molecular weight excluding hydrogens is 426 g/mol. The predicted octanol–water partition coefficient (Wildman–Crippen LogP) is 2.99. The van der Waals surface area contributed by atoms with Gasteiger partial charge in [0, 0.05) is 37.1 Å². The van der Waals surface area contributed by atoms with Gasteiger partial charge in [-0.2, -0.15) is 4.31 Å². The molecule has 3 heterocycles. The van der Waals surface area contributed by atoms with Crippen molar-refractivity contribution in [2.45, 2.75) is 17.2 Å². The maximum absolute atomic E-state index is 12.6. The van der Waals surface area contributed by atoms with Gasteiger partial charge in [-0.3, -0.25) is 9.69 Å². The number of carbonyl (C=O) groups excluding carboxylic acids is 1. The van der Waals surface area contributed by atoms with Gasteiger partial charge in [-0.15, -0.1) is 22.7 Å². The number of thiophene rings is 2. The molecule has 1 fully saturated rings. The Morgan fingerprint density at radius 2 is 1.96 bits per heavy atom. The van der Waals surface area contributed by atoms with E-state index >= 15 is 0 Å². The van der Waals surface area contributed by atoms with Crippen LogP contribution in [-0.2, 0) is 14.8 Å². The molecule has 2 aromatic rings. The summed E-state index contributed by atoms with van der Waals surface area (Å²) < 4.78 is 27.4. The van der Waals surface area contributed by atoms with Gasteiger partial charge in [-0.25, -0.2) is 8.42 Å². The summed E-state index contributed by atoms with van der Waals surface area (Å²) >= 11 is 8.59. The number of nitrogens with zero attached hydrogens (tertiary/aromatic N) is 3. The number of likely N-dealkylation sites (N-methyl/N-ethyl adjacent to an activating group) is 1. The summed E-state index contributed by atoms with van der Waals surface area (Å²) in [5, 5.41) is 2.03. The molecule has 0 bridgehead atoms. The van der Waals surface area contributed by atoms with Gasteiger partial charge in [0.25, 0.3) is 10.0 Å². The molecule has 1 unspecified atom stereocenters. The van der Waals surface area contributed by atoms with Crippen molar-refractivity contribution < 1.29 is 13.2 Å². The van der Waals surface area contributed by atoms with Crippen LogP contribution in [0.2, 0.25) is 4.34 Å². The van der Waals surface area contributed by atoms with E-state index < -0.39 is 10.0 Å². The minimum absolute atomic E-state index is 0.0251. The molecule has 148 valence electrons. The number of hydrogen-bond acceptors (Lipinski definition) is 6. The standard InChI is InChI=1S/C17H22ClN3O3S3/c1-13(14-4-3-11-25-14)19(2)12-16(22)20-7-9-21(10-8-20)27(23,24)17-6-5-15(18)26-17/h3-6,11,13H,7-10,12H2,1-2H3. The van der Waals surface area contributed by atoms with Crippen LogP contribution in [0.1, 0.15) is 17.8 Å². The van der Waals surface area contributed by atoms with Crippen molar-refractivity contribution in [2.75, 3.05) is 39.8 Å². The van der Waals surface area contributed by atoms with Gasteiger partial charge in [0.15, 0.2) is 0 Å². The highest BCUT2D eigenvalue weighted by atomic mass is 35.5. The van der Waals surface area contributed by atoms with E-state index in [9.17, 15) is 13.2 Å². The lowest BCUT2D eigenvalue weighted by molar-refractivity contribution is -0.133. The van der Waals surface area contributed by atoms with Gasteiger partial charge in [0.05, 0.1) is 10.9 Å². The molecule has 27 heavy (non-hydrogen) atoms. The molecule has 0 spiro atoms. The summed E-state index contributed by atoms with van der Waals surface area (Å²) in [6.45, 7) is 3.79. The number of carbonyl (C=O) groups is 1. The number of sulfonamides is 1. The molecule has 0 saturated carbocycles. The van der Waals surface area contributed by atoms with E-state index in [1.54, 1.807) is 22.3 Å². The maximum Gasteiger partial charge on any atom is 0.252 e. The van der Waals surface area contributed by atoms with Gasteiger partial charge < -0.3 is 4.90 Å². The molecule has 1 saturated heterocycles. The van der Waals surface area contributed by atoms with E-state index in [4.69, 9.17) is 11.6 Å². The fourth-order valence-electron chi connectivity index (χ4n) is 2.94. The van der Waals surface area contributed by atoms with Crippen LogP contribution in [0.25, 0.3) is 0 Å². The van der Waals surface area contributed by atoms with Crippen LogP contribution in [0, 0.1) is 0 Å². The average Bonchev–Trinajstić information content (AvgIpc) is 3.33. The van der Waals surface area contributed by atoms with Crippen LogP contribution in [-0.4, -0.2) is 68.2 Å². The second-order valence-corrected chi connectivity index (χ2v) is 11.3. The Morgan fingerprint density at radius 3 is 2.52 bits per heavy atom. The lowest BCUT2D eigenvalue weighted by Gasteiger charge is -2.35. The third-order valence-corrected chi connectivity index (χ3v) is 9.37. The lowest BCUT2D eigenvalue weighted by atomic mass is 10.2. The van der Waals surface area contributed by atoms with Crippen LogP contribution in [0.15, 0.2) is 33.9 Å². The van der Waals surface area contributed by atoms with Crippen LogP contribution in [0.4, 0.5) is 0 Å². The smallest absolute Gasteiger partial charge is 0.252 e. The second kappa shape index (κ2) is 8.59. The van der Waals surface area contributed by atoms with Crippen molar-refractivity contribution in [2.24, 2.45) is 0 Å². The summed E-state index contributed by atoms with van der Waals surface area (Å²) in [6, 6.07) is 7.35. The van der Waals surface area contributed by atoms with Crippen molar-refractivity contribution in [3.63, 3.8) is 0 Å². The summed E-state index contributed by atoms with van der Waals surface area (Å²) in [7, 11) is -1.60. The van der Waals surface area contributed by atoms with Gasteiger partial charge in [-0.05, 0) is 37.6 Å². The minimum atomic E-state index is -3.54. The Kier molecular flexibility index (Phi) is 6.60. The molecule has 10 heteroatoms. The fraction of sp³-hybridized carbons (Fsp3) is 0.471. The Balaban J connectivity index is 1.55. The third-order valence-electron chi connectivity index (χ3n) is 4.73. The molecule has 1 aliphatic heterocycles. The molecule has 1 aliphatic rings. The SMILES string of the molecule is CC(c1cccs1)N(C)CC(=O)N1CCN(S(=O)(=O)c2ccc(Cl)s2)CC1. The van der Waals surface area contributed by atoms with Gasteiger partial charge in [0.1, 0.15) is 4.21 Å². The highest BCUT2D eigenvalue weighted by Gasteiger charge is 2.31. The van der Waals surface area contributed by atoms with Crippen molar-refractivity contribution in [1.82, 2.24) is 14.1 Å². The van der Waals surface area contributed by atoms with E-state index in [1.165, 1.54) is 15.2 Å². The predicted molar refractivity (Wildman–Crippen MR) is 110 cm³/mol. The van der Waals surface area contributed by atoms with Crippen LogP contribution in [0.3, 0.4) is 0 Å². The van der Waals surface area contributed by atoms with Gasteiger partial charge in [0.2, 0.25) is 5.91 Å². The lowest BCUT2D eigenvalue weighted by Crippen LogP contribution is -2.52. The summed E-state index contributed by atoms with van der Waals surface area (Å²) in [5.74, 6) is 0.0251. The normalized spacial score (nSPS) is 17.4. The molecular formula is C17H22ClN3O3S3. The van der Waals surface area contributed by atoms with Crippen molar-refractivity contribution in [3.05, 3.63) is 38.9 Å². The summed E-state index contributed by atoms with van der Waals surface area (Å²) in [6.07, 6.45) is 0. The Hall–Kier alpha value is -0.970. The monoisotopic (exact) mass is 447 g/mol. The zero-order valence-corrected chi connectivity index (χ0v) is 18.4. The van der Waals surface area contributed by atoms with Crippen molar-refractivity contribution in [3.8, 4) is 0 Å². The first-order valence-corrected chi connectivity index (χ1v) is 12.1. The van der Waals surface area contributed by atoms with E-state index in [2.05, 4.69) is 13.0 Å². The molecule has 3 rings (SSSR count). The first-order valence-electron chi connectivity index (χ1n) is 8.56. The van der Waals surface area contributed by atoms with Gasteiger partial charge >= 0.3 is 0 Å². The maximum atomic E-state index is 12.6. The number of amides is 1. The average molecular weight is 448 g/mol. The van der Waals surface area contributed by atoms with Crippen LogP contribution >= 0.6 is 34.3 Å². The van der Waals surface area contributed by atoms with Crippen LogP contribution in [0.5, 0.6) is 0 Å². The number of hydrogen-bond donors (Lipinski definition) is 0. The molecule has 0 aliphatic carbocycles. The zero-order chi connectivity index (χ0) is 19.6. The Morgan fingerprint density at radius 1 is 1.26 bits per heavy atom. The molecule has 2 aromatic heterocycles. The van der Waals surface area contributed by atoms with Crippen molar-refractivity contribution in [1.29, 1.82) is 0 Å². The van der Waals surface area contributed by atoms with E-state index in [1.807, 2.05) is 23.4 Å². The number of piperazine rings is 1. The zero-order valence-electron chi connectivity index (χ0n) is 15.2. The summed E-state index contributed by atoms with van der Waals surface area (Å²) in [4.78, 5) is 17.6. The molecule has 0 radical (unpaired) electrons. The van der Waals surface area contributed by atoms with Crippen LogP contribution < -0.4 is 0 Å². The van der Waals surface area contributed by atoms with E-state index in [0.717, 1.165) is 11.3 Å². The highest BCUT2D eigenvalue weighted by molar-refractivity contribution is 7.91. The first kappa shape index (κ1) is 20.8. The van der Waals surface area contributed by atoms with Crippen molar-refractivity contribution >= 4 is 50.2 Å². The summed E-state index contributed by atoms with van der Waals surface area (Å²) in [5.41, 5.74) is 0. The minimum Gasteiger partial charge on any atom is -0.339 e. The fourth-order valence-corrected chi connectivity index (χ4v) is 6.85. The topological polar surface area (TPSA) is 60.9 Å². The first-order chi connectivity index (χ1) is 12.8. The van der Waals surface area contributed by atoms with E-state index in [-0.39, 0.29) is 16.2 Å². The molecule has 1 amide bonds. The molecule has 1 atom stereocenters. The third kappa shape index (κ3) is 4.72. The quantitative estimate of drug-likeness (QED) is 0.683. The second-order valence-electron chi connectivity index (χ2n) is 6.45. The molecule has 0 N–H and O–H groups in total. The largest absolute Gasteiger partial charge is 0.339 e.